The Morgan fingerprint density at radius 3 is 2.21 bits per heavy atom. The highest BCUT2D eigenvalue weighted by atomic mass is 16.2. The Morgan fingerprint density at radius 1 is 0.929 bits per heavy atom. The Labute approximate surface area is 89.1 Å². The molecule has 0 radical (unpaired) electrons. The molecule has 0 bridgehead atoms. The van der Waals surface area contributed by atoms with E-state index in [2.05, 4.69) is 19.2 Å². The first-order valence-corrected chi connectivity index (χ1v) is 6.09. The SMILES string of the molecule is CC(C)CCCNCCCCCCO. The smallest absolute Gasteiger partial charge is 0.0431 e. The third-order valence-electron chi connectivity index (χ3n) is 2.40. The van der Waals surface area contributed by atoms with Crippen molar-refractivity contribution in [2.75, 3.05) is 19.7 Å². The van der Waals surface area contributed by atoms with Crippen LogP contribution in [0.4, 0.5) is 0 Å². The van der Waals surface area contributed by atoms with Crippen molar-refractivity contribution in [3.05, 3.63) is 0 Å². The van der Waals surface area contributed by atoms with Crippen molar-refractivity contribution in [3.63, 3.8) is 0 Å². The minimum Gasteiger partial charge on any atom is -0.396 e. The molecule has 0 saturated heterocycles. The zero-order valence-corrected chi connectivity index (χ0v) is 9.89. The lowest BCUT2D eigenvalue weighted by atomic mass is 10.1. The number of hydrogen-bond donors (Lipinski definition) is 2. The van der Waals surface area contributed by atoms with Crippen molar-refractivity contribution in [2.24, 2.45) is 5.92 Å². The average Bonchev–Trinajstić information content (AvgIpc) is 2.15. The molecule has 86 valence electrons. The highest BCUT2D eigenvalue weighted by molar-refractivity contribution is 4.51. The second-order valence-electron chi connectivity index (χ2n) is 4.42. The minimum absolute atomic E-state index is 0.349. The summed E-state index contributed by atoms with van der Waals surface area (Å²) < 4.78 is 0. The molecule has 0 atom stereocenters. The van der Waals surface area contributed by atoms with Crippen LogP contribution < -0.4 is 5.32 Å². The number of aliphatic hydroxyl groups is 1. The van der Waals surface area contributed by atoms with Gasteiger partial charge in [0.25, 0.3) is 0 Å². The minimum atomic E-state index is 0.349. The van der Waals surface area contributed by atoms with Gasteiger partial charge in [-0.2, -0.15) is 0 Å². The quantitative estimate of drug-likeness (QED) is 0.532. The van der Waals surface area contributed by atoms with Gasteiger partial charge in [-0.25, -0.2) is 0 Å². The van der Waals surface area contributed by atoms with Gasteiger partial charge in [0.15, 0.2) is 0 Å². The van der Waals surface area contributed by atoms with E-state index < -0.39 is 0 Å². The van der Waals surface area contributed by atoms with Crippen LogP contribution in [0.5, 0.6) is 0 Å². The first-order valence-electron chi connectivity index (χ1n) is 6.09. The van der Waals surface area contributed by atoms with E-state index in [1.807, 2.05) is 0 Å². The molecule has 0 aromatic heterocycles. The molecule has 0 aromatic rings. The van der Waals surface area contributed by atoms with Gasteiger partial charge in [-0.15, -0.1) is 0 Å². The Balaban J connectivity index is 2.85. The van der Waals surface area contributed by atoms with Crippen molar-refractivity contribution in [1.82, 2.24) is 5.32 Å². The molecule has 0 saturated carbocycles. The predicted molar refractivity (Wildman–Crippen MR) is 62.5 cm³/mol. The third-order valence-corrected chi connectivity index (χ3v) is 2.40. The van der Waals surface area contributed by atoms with E-state index in [1.165, 1.54) is 32.1 Å². The van der Waals surface area contributed by atoms with E-state index in [9.17, 15) is 0 Å². The Kier molecular flexibility index (Phi) is 10.9. The summed E-state index contributed by atoms with van der Waals surface area (Å²) in [5.41, 5.74) is 0. The molecule has 0 fully saturated rings. The van der Waals surface area contributed by atoms with Gasteiger partial charge in [0.2, 0.25) is 0 Å². The lowest BCUT2D eigenvalue weighted by Gasteiger charge is -2.06. The lowest BCUT2D eigenvalue weighted by molar-refractivity contribution is 0.282. The molecule has 0 aliphatic rings. The van der Waals surface area contributed by atoms with Crippen molar-refractivity contribution < 1.29 is 5.11 Å². The average molecular weight is 201 g/mol. The fourth-order valence-corrected chi connectivity index (χ4v) is 1.48. The van der Waals surface area contributed by atoms with Crippen molar-refractivity contribution in [1.29, 1.82) is 0 Å². The van der Waals surface area contributed by atoms with Gasteiger partial charge in [-0.1, -0.05) is 26.7 Å². The van der Waals surface area contributed by atoms with Crippen LogP contribution in [0.15, 0.2) is 0 Å². The second kappa shape index (κ2) is 11.0. The molecule has 0 unspecified atom stereocenters. The highest BCUT2D eigenvalue weighted by Gasteiger charge is 1.93. The van der Waals surface area contributed by atoms with Crippen LogP contribution >= 0.6 is 0 Å². The van der Waals surface area contributed by atoms with Crippen molar-refractivity contribution in [2.45, 2.75) is 52.4 Å². The summed E-state index contributed by atoms with van der Waals surface area (Å²) in [5.74, 6) is 0.835. The zero-order valence-electron chi connectivity index (χ0n) is 9.89. The van der Waals surface area contributed by atoms with E-state index in [-0.39, 0.29) is 0 Å². The molecule has 0 rings (SSSR count). The third kappa shape index (κ3) is 11.9. The maximum atomic E-state index is 8.58. The standard InChI is InChI=1S/C12H27NO/c1-12(2)8-7-10-13-9-5-3-4-6-11-14/h12-14H,3-11H2,1-2H3. The monoisotopic (exact) mass is 201 g/mol. The molecule has 14 heavy (non-hydrogen) atoms. The largest absolute Gasteiger partial charge is 0.396 e. The van der Waals surface area contributed by atoms with Crippen LogP contribution in [0.3, 0.4) is 0 Å². The van der Waals surface area contributed by atoms with E-state index in [1.54, 1.807) is 0 Å². The molecule has 0 spiro atoms. The first-order chi connectivity index (χ1) is 6.77. The summed E-state index contributed by atoms with van der Waals surface area (Å²) >= 11 is 0. The van der Waals surface area contributed by atoms with Gasteiger partial charge in [-0.05, 0) is 44.7 Å². The summed E-state index contributed by atoms with van der Waals surface area (Å²) in [5, 5.41) is 12.0. The molecule has 0 amide bonds. The lowest BCUT2D eigenvalue weighted by Crippen LogP contribution is -2.17. The van der Waals surface area contributed by atoms with Gasteiger partial charge in [0, 0.05) is 6.61 Å². The summed E-state index contributed by atoms with van der Waals surface area (Å²) in [6, 6.07) is 0. The normalized spacial score (nSPS) is 11.1. The molecule has 0 aromatic carbocycles. The molecule has 2 nitrogen and oxygen atoms in total. The molecule has 0 aliphatic carbocycles. The zero-order chi connectivity index (χ0) is 10.6. The van der Waals surface area contributed by atoms with Crippen molar-refractivity contribution in [3.8, 4) is 0 Å². The van der Waals surface area contributed by atoms with Gasteiger partial charge in [0.1, 0.15) is 0 Å². The Hall–Kier alpha value is -0.0800. The second-order valence-corrected chi connectivity index (χ2v) is 4.42. The maximum absolute atomic E-state index is 8.58. The fraction of sp³-hybridized carbons (Fsp3) is 1.00. The van der Waals surface area contributed by atoms with Gasteiger partial charge >= 0.3 is 0 Å². The van der Waals surface area contributed by atoms with Crippen LogP contribution in [0, 0.1) is 5.92 Å². The van der Waals surface area contributed by atoms with Gasteiger partial charge in [-0.3, -0.25) is 0 Å². The maximum Gasteiger partial charge on any atom is 0.0431 e. The molecular weight excluding hydrogens is 174 g/mol. The van der Waals surface area contributed by atoms with E-state index >= 15 is 0 Å². The predicted octanol–water partition coefficient (Wildman–Crippen LogP) is 2.56. The summed E-state index contributed by atoms with van der Waals surface area (Å²) in [7, 11) is 0. The van der Waals surface area contributed by atoms with Gasteiger partial charge in [0.05, 0.1) is 0 Å². The molecule has 2 heteroatoms. The number of nitrogens with one attached hydrogen (secondary N) is 1. The van der Waals surface area contributed by atoms with Gasteiger partial charge < -0.3 is 10.4 Å². The Bertz CT molecular complexity index is 104. The number of aliphatic hydroxyl groups excluding tert-OH is 1. The van der Waals surface area contributed by atoms with Crippen LogP contribution in [-0.4, -0.2) is 24.8 Å². The number of unbranched alkanes of at least 4 members (excludes halogenated alkanes) is 3. The fourth-order valence-electron chi connectivity index (χ4n) is 1.48. The van der Waals surface area contributed by atoms with Crippen molar-refractivity contribution >= 4 is 0 Å². The first kappa shape index (κ1) is 13.9. The van der Waals surface area contributed by atoms with Crippen LogP contribution in [0.2, 0.25) is 0 Å². The van der Waals surface area contributed by atoms with E-state index in [0.29, 0.717) is 6.61 Å². The van der Waals surface area contributed by atoms with Crippen LogP contribution in [0.25, 0.3) is 0 Å². The topological polar surface area (TPSA) is 32.3 Å². The summed E-state index contributed by atoms with van der Waals surface area (Å²) in [6.07, 6.45) is 7.27. The number of rotatable bonds is 10. The Morgan fingerprint density at radius 2 is 1.57 bits per heavy atom. The molecule has 2 N–H and O–H groups in total. The van der Waals surface area contributed by atoms with E-state index in [0.717, 1.165) is 25.4 Å². The van der Waals surface area contributed by atoms with Crippen LogP contribution in [-0.2, 0) is 0 Å². The summed E-state index contributed by atoms with van der Waals surface area (Å²) in [4.78, 5) is 0. The molecule has 0 heterocycles. The van der Waals surface area contributed by atoms with E-state index in [4.69, 9.17) is 5.11 Å². The number of hydrogen-bond acceptors (Lipinski definition) is 2. The van der Waals surface area contributed by atoms with Crippen LogP contribution in [0.1, 0.15) is 52.4 Å². The molecule has 0 aliphatic heterocycles. The summed E-state index contributed by atoms with van der Waals surface area (Å²) in [6.45, 7) is 7.20. The molecular formula is C12H27NO. The highest BCUT2D eigenvalue weighted by Crippen LogP contribution is 2.02.